The molecule has 0 atom stereocenters. The van der Waals surface area contributed by atoms with E-state index in [1.807, 2.05) is 19.0 Å². The van der Waals surface area contributed by atoms with Crippen LogP contribution < -0.4 is 14.4 Å². The monoisotopic (exact) mass is 271 g/mol. The molecule has 6 nitrogen and oxygen atoms in total. The average Bonchev–Trinajstić information content (AvgIpc) is 2.98. The third-order valence-electron chi connectivity index (χ3n) is 2.38. The van der Waals surface area contributed by atoms with E-state index in [1.54, 1.807) is 6.07 Å². The lowest BCUT2D eigenvalue weighted by molar-refractivity contribution is 0.303. The number of hydrogen-bond acceptors (Lipinski definition) is 5. The highest BCUT2D eigenvalue weighted by molar-refractivity contribution is 7.92. The fourth-order valence-corrected chi connectivity index (χ4v) is 2.04. The predicted octanol–water partition coefficient (Wildman–Crippen LogP) is 1.06. The molecule has 1 aliphatic carbocycles. The Hall–Kier alpha value is -1.50. The molecule has 1 aromatic rings. The second kappa shape index (κ2) is 4.64. The Bertz CT molecular complexity index is 538. The molecule has 7 heteroatoms. The van der Waals surface area contributed by atoms with Gasteiger partial charge in [0.2, 0.25) is 10.0 Å². The molecule has 1 aromatic heterocycles. The highest BCUT2D eigenvalue weighted by atomic mass is 32.2. The van der Waals surface area contributed by atoms with Crippen LogP contribution in [0, 0.1) is 0 Å². The van der Waals surface area contributed by atoms with Crippen molar-refractivity contribution in [2.75, 3.05) is 30.0 Å². The normalized spacial score (nSPS) is 15.3. The van der Waals surface area contributed by atoms with Crippen LogP contribution >= 0.6 is 0 Å². The maximum Gasteiger partial charge on any atom is 0.229 e. The lowest BCUT2D eigenvalue weighted by Crippen LogP contribution is -2.15. The second-order valence-electron chi connectivity index (χ2n) is 4.63. The molecule has 1 saturated carbocycles. The lowest BCUT2D eigenvalue weighted by Gasteiger charge is -2.17. The first-order chi connectivity index (χ1) is 8.35. The first-order valence-electron chi connectivity index (χ1n) is 5.67. The van der Waals surface area contributed by atoms with Crippen molar-refractivity contribution in [2.45, 2.75) is 18.9 Å². The van der Waals surface area contributed by atoms with Gasteiger partial charge >= 0.3 is 0 Å². The third-order valence-corrected chi connectivity index (χ3v) is 2.98. The Morgan fingerprint density at radius 1 is 1.44 bits per heavy atom. The van der Waals surface area contributed by atoms with Crippen molar-refractivity contribution in [2.24, 2.45) is 0 Å². The molecule has 18 heavy (non-hydrogen) atoms. The average molecular weight is 271 g/mol. The van der Waals surface area contributed by atoms with E-state index in [1.165, 1.54) is 6.20 Å². The summed E-state index contributed by atoms with van der Waals surface area (Å²) in [7, 11) is 0.435. The van der Waals surface area contributed by atoms with Crippen LogP contribution in [0.15, 0.2) is 12.3 Å². The summed E-state index contributed by atoms with van der Waals surface area (Å²) >= 11 is 0. The van der Waals surface area contributed by atoms with Gasteiger partial charge in [0.1, 0.15) is 0 Å². The zero-order chi connectivity index (χ0) is 13.3. The van der Waals surface area contributed by atoms with E-state index in [0.717, 1.165) is 19.1 Å². The number of anilines is 2. The molecule has 0 unspecified atom stereocenters. The van der Waals surface area contributed by atoms with Crippen LogP contribution in [0.3, 0.4) is 0 Å². The molecule has 0 aliphatic heterocycles. The topological polar surface area (TPSA) is 71.5 Å². The van der Waals surface area contributed by atoms with Crippen LogP contribution in [0.1, 0.15) is 12.8 Å². The van der Waals surface area contributed by atoms with Gasteiger partial charge in [-0.05, 0) is 12.8 Å². The smallest absolute Gasteiger partial charge is 0.229 e. The molecule has 1 heterocycles. The number of nitrogens with zero attached hydrogens (tertiary/aromatic N) is 2. The summed E-state index contributed by atoms with van der Waals surface area (Å²) in [6.45, 7) is 0. The maximum atomic E-state index is 11.2. The summed E-state index contributed by atoms with van der Waals surface area (Å²) in [6, 6.07) is 1.67. The SMILES string of the molecule is CN(C)c1ncc(NS(C)(=O)=O)cc1OC1CC1. The molecule has 0 aromatic carbocycles. The number of rotatable bonds is 5. The maximum absolute atomic E-state index is 11.2. The second-order valence-corrected chi connectivity index (χ2v) is 6.38. The summed E-state index contributed by atoms with van der Waals surface area (Å²) in [5, 5.41) is 0. The van der Waals surface area contributed by atoms with Gasteiger partial charge in [-0.2, -0.15) is 0 Å². The van der Waals surface area contributed by atoms with Crippen molar-refractivity contribution < 1.29 is 13.2 Å². The van der Waals surface area contributed by atoms with Crippen LogP contribution in [0.2, 0.25) is 0 Å². The molecule has 2 rings (SSSR count). The largest absolute Gasteiger partial charge is 0.486 e. The molecule has 100 valence electrons. The summed E-state index contributed by atoms with van der Waals surface area (Å²) in [4.78, 5) is 6.05. The molecular formula is C11H17N3O3S. The molecular weight excluding hydrogens is 254 g/mol. The van der Waals surface area contributed by atoms with Crippen LogP contribution in [-0.4, -0.2) is 39.9 Å². The van der Waals surface area contributed by atoms with Gasteiger partial charge in [-0.1, -0.05) is 0 Å². The van der Waals surface area contributed by atoms with E-state index in [0.29, 0.717) is 17.3 Å². The van der Waals surface area contributed by atoms with Crippen molar-refractivity contribution in [3.05, 3.63) is 12.3 Å². The molecule has 0 spiro atoms. The number of pyridine rings is 1. The van der Waals surface area contributed by atoms with E-state index in [4.69, 9.17) is 4.74 Å². The van der Waals surface area contributed by atoms with Crippen molar-refractivity contribution in [1.29, 1.82) is 0 Å². The molecule has 0 bridgehead atoms. The van der Waals surface area contributed by atoms with Crippen LogP contribution in [0.5, 0.6) is 5.75 Å². The van der Waals surface area contributed by atoms with Gasteiger partial charge in [-0.15, -0.1) is 0 Å². The van der Waals surface area contributed by atoms with Gasteiger partial charge in [-0.3, -0.25) is 4.72 Å². The minimum atomic E-state index is -3.30. The van der Waals surface area contributed by atoms with Gasteiger partial charge in [0, 0.05) is 20.2 Å². The highest BCUT2D eigenvalue weighted by Crippen LogP contribution is 2.33. The summed E-state index contributed by atoms with van der Waals surface area (Å²) < 4.78 is 30.5. The Morgan fingerprint density at radius 3 is 2.61 bits per heavy atom. The molecule has 1 fully saturated rings. The fraction of sp³-hybridized carbons (Fsp3) is 0.545. The molecule has 1 aliphatic rings. The van der Waals surface area contributed by atoms with Gasteiger partial charge < -0.3 is 9.64 Å². The first kappa shape index (κ1) is 12.9. The highest BCUT2D eigenvalue weighted by Gasteiger charge is 2.25. The Kier molecular flexibility index (Phi) is 3.34. The predicted molar refractivity (Wildman–Crippen MR) is 70.7 cm³/mol. The zero-order valence-electron chi connectivity index (χ0n) is 10.7. The first-order valence-corrected chi connectivity index (χ1v) is 7.56. The van der Waals surface area contributed by atoms with E-state index in [9.17, 15) is 8.42 Å². The fourth-order valence-electron chi connectivity index (χ4n) is 1.50. The standard InChI is InChI=1S/C11H17N3O3S/c1-14(2)11-10(17-9-4-5-9)6-8(7-12-11)13-18(3,15)16/h6-7,9,13H,4-5H2,1-3H3. The van der Waals surface area contributed by atoms with E-state index in [-0.39, 0.29) is 6.10 Å². The lowest BCUT2D eigenvalue weighted by atomic mass is 10.3. The number of sulfonamides is 1. The van der Waals surface area contributed by atoms with Gasteiger partial charge in [0.15, 0.2) is 11.6 Å². The minimum Gasteiger partial charge on any atom is -0.486 e. The Labute approximate surface area is 107 Å². The van der Waals surface area contributed by atoms with E-state index < -0.39 is 10.0 Å². The summed E-state index contributed by atoms with van der Waals surface area (Å²) in [5.41, 5.74) is 0.416. The van der Waals surface area contributed by atoms with Gasteiger partial charge in [0.25, 0.3) is 0 Å². The van der Waals surface area contributed by atoms with Crippen LogP contribution in [-0.2, 0) is 10.0 Å². The van der Waals surface area contributed by atoms with Crippen molar-refractivity contribution in [3.63, 3.8) is 0 Å². The third kappa shape index (κ3) is 3.49. The summed E-state index contributed by atoms with van der Waals surface area (Å²) in [5.74, 6) is 1.30. The van der Waals surface area contributed by atoms with Crippen molar-refractivity contribution >= 4 is 21.5 Å². The molecule has 0 amide bonds. The Balaban J connectivity index is 2.28. The minimum absolute atomic E-state index is 0.235. The number of nitrogens with one attached hydrogen (secondary N) is 1. The number of aromatic nitrogens is 1. The number of ether oxygens (including phenoxy) is 1. The van der Waals surface area contributed by atoms with E-state index in [2.05, 4.69) is 9.71 Å². The molecule has 0 radical (unpaired) electrons. The van der Waals surface area contributed by atoms with Gasteiger partial charge in [0.05, 0.1) is 24.2 Å². The van der Waals surface area contributed by atoms with Gasteiger partial charge in [-0.25, -0.2) is 13.4 Å². The van der Waals surface area contributed by atoms with Crippen molar-refractivity contribution in [1.82, 2.24) is 4.98 Å². The van der Waals surface area contributed by atoms with Crippen LogP contribution in [0.4, 0.5) is 11.5 Å². The molecule has 1 N–H and O–H groups in total. The van der Waals surface area contributed by atoms with Crippen molar-refractivity contribution in [3.8, 4) is 5.75 Å². The van der Waals surface area contributed by atoms with E-state index >= 15 is 0 Å². The number of hydrogen-bond donors (Lipinski definition) is 1. The quantitative estimate of drug-likeness (QED) is 0.867. The molecule has 0 saturated heterocycles. The zero-order valence-corrected chi connectivity index (χ0v) is 11.5. The Morgan fingerprint density at radius 2 is 2.11 bits per heavy atom. The van der Waals surface area contributed by atoms with Crippen LogP contribution in [0.25, 0.3) is 0 Å². The summed E-state index contributed by atoms with van der Waals surface area (Å²) in [6.07, 6.45) is 4.90.